The van der Waals surface area contributed by atoms with Gasteiger partial charge in [-0.3, -0.25) is 0 Å². The molecule has 0 unspecified atom stereocenters. The van der Waals surface area contributed by atoms with Gasteiger partial charge in [-0.05, 0) is 43.4 Å². The van der Waals surface area contributed by atoms with Crippen LogP contribution in [0.3, 0.4) is 0 Å². The Morgan fingerprint density at radius 2 is 1.62 bits per heavy atom. The lowest BCUT2D eigenvalue weighted by atomic mass is 9.53. The Morgan fingerprint density at radius 3 is 1.85 bits per heavy atom. The molecule has 0 nitrogen and oxygen atoms in total. The highest BCUT2D eigenvalue weighted by atomic mass is 19.1. The molecule has 0 aromatic carbocycles. The molecule has 1 aliphatic rings. The van der Waals surface area contributed by atoms with Crippen molar-refractivity contribution in [3.8, 4) is 0 Å². The van der Waals surface area contributed by atoms with Gasteiger partial charge in [0.2, 0.25) is 0 Å². The van der Waals surface area contributed by atoms with Crippen molar-refractivity contribution in [2.24, 2.45) is 17.3 Å². The zero-order valence-electron chi connectivity index (χ0n) is 9.65. The van der Waals surface area contributed by atoms with Crippen molar-refractivity contribution in [2.45, 2.75) is 59.5 Å². The van der Waals surface area contributed by atoms with Crippen LogP contribution in [-0.4, -0.2) is 5.67 Å². The second-order valence-corrected chi connectivity index (χ2v) is 5.88. The van der Waals surface area contributed by atoms with Crippen LogP contribution in [0.2, 0.25) is 0 Å². The van der Waals surface area contributed by atoms with E-state index in [2.05, 4.69) is 27.7 Å². The molecule has 1 fully saturated rings. The van der Waals surface area contributed by atoms with Crippen LogP contribution in [-0.2, 0) is 0 Å². The summed E-state index contributed by atoms with van der Waals surface area (Å²) in [6, 6.07) is 0. The standard InChI is InChI=1S/C12H23F/c1-9(2)6-12(10(3)4)7-11(5,13)8-12/h9-10H,6-8H2,1-5H3. The molecule has 0 spiro atoms. The summed E-state index contributed by atoms with van der Waals surface area (Å²) in [5.74, 6) is 1.32. The molecule has 1 rings (SSSR count). The first-order valence-electron chi connectivity index (χ1n) is 5.46. The second kappa shape index (κ2) is 3.25. The van der Waals surface area contributed by atoms with E-state index >= 15 is 0 Å². The van der Waals surface area contributed by atoms with Crippen LogP contribution < -0.4 is 0 Å². The molecule has 13 heavy (non-hydrogen) atoms. The Hall–Kier alpha value is -0.0700. The molecular formula is C12H23F. The summed E-state index contributed by atoms with van der Waals surface area (Å²) in [4.78, 5) is 0. The van der Waals surface area contributed by atoms with Crippen LogP contribution >= 0.6 is 0 Å². The van der Waals surface area contributed by atoms with Crippen LogP contribution in [0.4, 0.5) is 4.39 Å². The molecule has 0 aromatic heterocycles. The fraction of sp³-hybridized carbons (Fsp3) is 1.00. The van der Waals surface area contributed by atoms with Crippen LogP contribution in [0.5, 0.6) is 0 Å². The molecule has 0 amide bonds. The van der Waals surface area contributed by atoms with E-state index in [1.165, 1.54) is 6.42 Å². The van der Waals surface area contributed by atoms with Gasteiger partial charge in [0, 0.05) is 0 Å². The van der Waals surface area contributed by atoms with Crippen LogP contribution in [0.25, 0.3) is 0 Å². The largest absolute Gasteiger partial charge is 0.244 e. The molecule has 1 heteroatoms. The maximum absolute atomic E-state index is 13.5. The zero-order valence-corrected chi connectivity index (χ0v) is 9.65. The summed E-state index contributed by atoms with van der Waals surface area (Å²) in [5.41, 5.74) is -0.573. The van der Waals surface area contributed by atoms with Gasteiger partial charge in [0.25, 0.3) is 0 Å². The molecule has 0 aromatic rings. The summed E-state index contributed by atoms with van der Waals surface area (Å²) < 4.78 is 13.5. The average molecular weight is 186 g/mol. The number of hydrogen-bond acceptors (Lipinski definition) is 0. The van der Waals surface area contributed by atoms with Crippen molar-refractivity contribution in [3.05, 3.63) is 0 Å². The summed E-state index contributed by atoms with van der Waals surface area (Å²) in [7, 11) is 0. The molecule has 0 aliphatic heterocycles. The van der Waals surface area contributed by atoms with E-state index in [1.807, 2.05) is 0 Å². The van der Waals surface area contributed by atoms with Gasteiger partial charge >= 0.3 is 0 Å². The first kappa shape index (κ1) is 11.0. The summed E-state index contributed by atoms with van der Waals surface area (Å²) in [5, 5.41) is 0. The van der Waals surface area contributed by atoms with E-state index in [9.17, 15) is 4.39 Å². The fourth-order valence-corrected chi connectivity index (χ4v) is 3.02. The third-order valence-corrected chi connectivity index (χ3v) is 3.48. The maximum Gasteiger partial charge on any atom is 0.109 e. The lowest BCUT2D eigenvalue weighted by Gasteiger charge is -2.54. The summed E-state index contributed by atoms with van der Waals surface area (Å²) >= 11 is 0. The highest BCUT2D eigenvalue weighted by Gasteiger charge is 2.53. The van der Waals surface area contributed by atoms with Gasteiger partial charge in [0.1, 0.15) is 5.67 Å². The smallest absolute Gasteiger partial charge is 0.109 e. The predicted molar refractivity (Wildman–Crippen MR) is 55.5 cm³/mol. The number of halogens is 1. The minimum atomic E-state index is -0.876. The van der Waals surface area contributed by atoms with E-state index in [-0.39, 0.29) is 0 Å². The topological polar surface area (TPSA) is 0 Å². The van der Waals surface area contributed by atoms with Gasteiger partial charge in [-0.15, -0.1) is 0 Å². The van der Waals surface area contributed by atoms with Crippen LogP contribution in [0, 0.1) is 17.3 Å². The van der Waals surface area contributed by atoms with E-state index in [4.69, 9.17) is 0 Å². The zero-order chi connectivity index (χ0) is 10.3. The van der Waals surface area contributed by atoms with E-state index in [0.29, 0.717) is 17.3 Å². The molecule has 0 atom stereocenters. The summed E-state index contributed by atoms with van der Waals surface area (Å²) in [6.45, 7) is 10.7. The quantitative estimate of drug-likeness (QED) is 0.619. The highest BCUT2D eigenvalue weighted by molar-refractivity contribution is 5.03. The average Bonchev–Trinajstić information content (AvgIpc) is 1.80. The van der Waals surface area contributed by atoms with Crippen LogP contribution in [0.15, 0.2) is 0 Å². The Balaban J connectivity index is 2.60. The Labute approximate surface area is 81.9 Å². The number of alkyl halides is 1. The predicted octanol–water partition coefficient (Wildman–Crippen LogP) is 4.20. The molecule has 1 aliphatic carbocycles. The molecule has 1 saturated carbocycles. The van der Waals surface area contributed by atoms with E-state index in [0.717, 1.165) is 12.8 Å². The number of rotatable bonds is 3. The molecule has 0 bridgehead atoms. The van der Waals surface area contributed by atoms with Gasteiger partial charge in [0.05, 0.1) is 0 Å². The first-order valence-corrected chi connectivity index (χ1v) is 5.46. The van der Waals surface area contributed by atoms with Crippen molar-refractivity contribution < 1.29 is 4.39 Å². The van der Waals surface area contributed by atoms with Crippen molar-refractivity contribution >= 4 is 0 Å². The second-order valence-electron chi connectivity index (χ2n) is 5.88. The first-order chi connectivity index (χ1) is 5.77. The molecule has 0 N–H and O–H groups in total. The SMILES string of the molecule is CC(C)CC1(C(C)C)CC(C)(F)C1. The Kier molecular flexibility index (Phi) is 2.75. The third kappa shape index (κ3) is 2.24. The minimum absolute atomic E-state index is 0.303. The normalized spacial score (nSPS) is 39.7. The molecule has 0 saturated heterocycles. The lowest BCUT2D eigenvalue weighted by Crippen LogP contribution is -2.50. The lowest BCUT2D eigenvalue weighted by molar-refractivity contribution is -0.0952. The summed E-state index contributed by atoms with van der Waals surface area (Å²) in [6.07, 6.45) is 2.73. The highest BCUT2D eigenvalue weighted by Crippen LogP contribution is 2.58. The van der Waals surface area contributed by atoms with Gasteiger partial charge < -0.3 is 0 Å². The van der Waals surface area contributed by atoms with Crippen molar-refractivity contribution in [1.82, 2.24) is 0 Å². The Morgan fingerprint density at radius 1 is 1.15 bits per heavy atom. The monoisotopic (exact) mass is 186 g/mol. The van der Waals surface area contributed by atoms with Gasteiger partial charge in [0.15, 0.2) is 0 Å². The van der Waals surface area contributed by atoms with E-state index < -0.39 is 5.67 Å². The maximum atomic E-state index is 13.5. The van der Waals surface area contributed by atoms with Crippen molar-refractivity contribution in [1.29, 1.82) is 0 Å². The molecule has 0 heterocycles. The van der Waals surface area contributed by atoms with Crippen LogP contribution in [0.1, 0.15) is 53.9 Å². The molecular weight excluding hydrogens is 163 g/mol. The van der Waals surface area contributed by atoms with Crippen molar-refractivity contribution in [3.63, 3.8) is 0 Å². The van der Waals surface area contributed by atoms with Gasteiger partial charge in [-0.2, -0.15) is 0 Å². The fourth-order valence-electron chi connectivity index (χ4n) is 3.02. The van der Waals surface area contributed by atoms with Crippen molar-refractivity contribution in [2.75, 3.05) is 0 Å². The molecule has 78 valence electrons. The Bertz CT molecular complexity index is 166. The number of hydrogen-bond donors (Lipinski definition) is 0. The van der Waals surface area contributed by atoms with E-state index in [1.54, 1.807) is 6.92 Å². The molecule has 0 radical (unpaired) electrons. The minimum Gasteiger partial charge on any atom is -0.244 e. The third-order valence-electron chi connectivity index (χ3n) is 3.48. The van der Waals surface area contributed by atoms with Gasteiger partial charge in [-0.25, -0.2) is 4.39 Å². The van der Waals surface area contributed by atoms with Gasteiger partial charge in [-0.1, -0.05) is 27.7 Å².